The number of phosphoric acid groups is 1. The Balaban J connectivity index is 2.14. The van der Waals surface area contributed by atoms with E-state index >= 15 is 0 Å². The zero-order chi connectivity index (χ0) is 10.6. The highest BCUT2D eigenvalue weighted by Crippen LogP contribution is 2.35. The molecule has 1 saturated heterocycles. The van der Waals surface area contributed by atoms with Gasteiger partial charge in [0.25, 0.3) is 0 Å². The molecule has 1 rings (SSSR count). The number of rotatable bonds is 5. The summed E-state index contributed by atoms with van der Waals surface area (Å²) in [7, 11) is -4.41. The van der Waals surface area contributed by atoms with Gasteiger partial charge < -0.3 is 15.1 Å². The van der Waals surface area contributed by atoms with Gasteiger partial charge in [-0.25, -0.2) is 9.67 Å². The van der Waals surface area contributed by atoms with Crippen LogP contribution in [-0.2, 0) is 14.2 Å². The van der Waals surface area contributed by atoms with Crippen molar-refractivity contribution in [2.45, 2.75) is 31.4 Å². The van der Waals surface area contributed by atoms with Gasteiger partial charge in [-0.2, -0.15) is 0 Å². The third-order valence-corrected chi connectivity index (χ3v) is 2.73. The van der Waals surface area contributed by atoms with Crippen LogP contribution in [0, 0.1) is 0 Å². The Morgan fingerprint density at radius 2 is 2.29 bits per heavy atom. The van der Waals surface area contributed by atoms with Crippen LogP contribution in [0.4, 0.5) is 0 Å². The molecule has 7 heteroatoms. The van der Waals surface area contributed by atoms with E-state index in [-0.39, 0.29) is 19.1 Å². The lowest BCUT2D eigenvalue weighted by atomic mass is 10.1. The molecule has 0 saturated carbocycles. The maximum absolute atomic E-state index is 11.4. The molecular weight excluding hydrogens is 209 g/mol. The number of hydrogen-bond acceptors (Lipinski definition) is 3. The molecule has 0 aromatic heterocycles. The molecule has 0 aliphatic carbocycles. The zero-order valence-electron chi connectivity index (χ0n) is 7.76. The van der Waals surface area contributed by atoms with Crippen LogP contribution in [0.5, 0.6) is 0 Å². The monoisotopic (exact) mass is 224 g/mol. The molecule has 2 atom stereocenters. The molecule has 0 aromatic rings. The summed E-state index contributed by atoms with van der Waals surface area (Å²) in [5, 5.41) is 14.5. The van der Waals surface area contributed by atoms with E-state index in [0.717, 1.165) is 19.4 Å². The maximum atomic E-state index is 11.4. The van der Waals surface area contributed by atoms with E-state index in [1.807, 2.05) is 0 Å². The Morgan fingerprint density at radius 3 is 2.79 bits per heavy atom. The Labute approximate surface area is 82.5 Å². The summed E-state index contributed by atoms with van der Waals surface area (Å²) in [4.78, 5) is 16.7. The van der Waals surface area contributed by atoms with Crippen molar-refractivity contribution in [1.29, 1.82) is 0 Å². The summed E-state index contributed by atoms with van der Waals surface area (Å²) >= 11 is 0. The van der Waals surface area contributed by atoms with Gasteiger partial charge >= 0.3 is 7.82 Å². The van der Waals surface area contributed by atoms with Gasteiger partial charge in [-0.05, 0) is 19.4 Å². The van der Waals surface area contributed by atoms with Gasteiger partial charge in [0.2, 0.25) is 0 Å². The van der Waals surface area contributed by atoms with Crippen molar-refractivity contribution in [3.63, 3.8) is 0 Å². The van der Waals surface area contributed by atoms with Gasteiger partial charge in [0, 0.05) is 12.5 Å². The number of nitrogens with one attached hydrogen (secondary N) is 1. The van der Waals surface area contributed by atoms with Gasteiger partial charge in [-0.15, -0.1) is 0 Å². The summed E-state index contributed by atoms with van der Waals surface area (Å²) < 4.78 is 14.5. The highest BCUT2D eigenvalue weighted by Gasteiger charge is 2.24. The fourth-order valence-corrected chi connectivity index (χ4v) is 1.86. The van der Waals surface area contributed by atoms with Crippen LogP contribution >= 0.6 is 7.82 Å². The highest BCUT2D eigenvalue weighted by atomic mass is 31.2. The minimum Gasteiger partial charge on any atom is -0.311 e. The van der Waals surface area contributed by atoms with Gasteiger partial charge in [0.1, 0.15) is 6.10 Å². The summed E-state index contributed by atoms with van der Waals surface area (Å²) in [5.41, 5.74) is 0. The smallest absolute Gasteiger partial charge is 0.311 e. The van der Waals surface area contributed by atoms with Gasteiger partial charge in [-0.3, -0.25) is 4.52 Å². The van der Waals surface area contributed by atoms with Crippen LogP contribution in [0.25, 0.3) is 0 Å². The molecule has 2 unspecified atom stereocenters. The second-order valence-electron chi connectivity index (χ2n) is 3.35. The van der Waals surface area contributed by atoms with Crippen LogP contribution in [0.3, 0.4) is 0 Å². The average molecular weight is 224 g/mol. The topological polar surface area (TPSA) is 98.7 Å². The SMILES string of the molecule is [O]C(CCOP(=O)(O)O)C1CCCN1. The lowest BCUT2D eigenvalue weighted by Gasteiger charge is -2.15. The lowest BCUT2D eigenvalue weighted by Crippen LogP contribution is -2.34. The van der Waals surface area contributed by atoms with Crippen molar-refractivity contribution in [3.05, 3.63) is 0 Å². The van der Waals surface area contributed by atoms with Crippen LogP contribution < -0.4 is 5.32 Å². The maximum Gasteiger partial charge on any atom is 0.469 e. The predicted octanol–water partition coefficient (Wildman–Crippen LogP) is 0.0369. The van der Waals surface area contributed by atoms with Gasteiger partial charge in [-0.1, -0.05) is 0 Å². The van der Waals surface area contributed by atoms with Crippen LogP contribution in [-0.4, -0.2) is 35.1 Å². The minimum absolute atomic E-state index is 0.0737. The molecule has 1 heterocycles. The first-order valence-electron chi connectivity index (χ1n) is 4.58. The number of hydrogen-bond donors (Lipinski definition) is 3. The average Bonchev–Trinajstić information content (AvgIpc) is 2.53. The summed E-state index contributed by atoms with van der Waals surface area (Å²) in [6, 6.07) is -0.0737. The molecule has 0 spiro atoms. The van der Waals surface area contributed by atoms with E-state index in [1.54, 1.807) is 0 Å². The molecule has 83 valence electrons. The molecule has 6 nitrogen and oxygen atoms in total. The van der Waals surface area contributed by atoms with Crippen LogP contribution in [0.1, 0.15) is 19.3 Å². The molecule has 1 fully saturated rings. The zero-order valence-corrected chi connectivity index (χ0v) is 8.65. The lowest BCUT2D eigenvalue weighted by molar-refractivity contribution is 0.0376. The summed E-state index contributed by atoms with van der Waals surface area (Å²) in [5.74, 6) is 0. The van der Waals surface area contributed by atoms with Crippen molar-refractivity contribution in [1.82, 2.24) is 5.32 Å². The van der Waals surface area contributed by atoms with E-state index in [1.165, 1.54) is 0 Å². The molecule has 1 aliphatic rings. The van der Waals surface area contributed by atoms with Crippen molar-refractivity contribution in [2.24, 2.45) is 0 Å². The first-order valence-corrected chi connectivity index (χ1v) is 6.11. The van der Waals surface area contributed by atoms with Gasteiger partial charge in [0.15, 0.2) is 0 Å². The Hall–Kier alpha value is 0.0300. The molecular formula is C7H15NO5P. The third-order valence-electron chi connectivity index (χ3n) is 2.21. The summed E-state index contributed by atoms with van der Waals surface area (Å²) in [6.07, 6.45) is 1.11. The Kier molecular flexibility index (Phi) is 4.50. The molecule has 0 bridgehead atoms. The first kappa shape index (κ1) is 12.1. The third kappa shape index (κ3) is 4.50. The molecule has 0 aromatic carbocycles. The van der Waals surface area contributed by atoms with E-state index in [9.17, 15) is 9.67 Å². The normalized spacial score (nSPS) is 25.2. The standard InChI is InChI=1S/C7H15NO5P/c9-7(6-2-1-4-8-6)3-5-13-14(10,11)12/h6-8H,1-5H2,(H2,10,11,12). The second kappa shape index (κ2) is 5.21. The Morgan fingerprint density at radius 1 is 1.57 bits per heavy atom. The van der Waals surface area contributed by atoms with Gasteiger partial charge in [0.05, 0.1) is 6.61 Å². The minimum atomic E-state index is -4.41. The highest BCUT2D eigenvalue weighted by molar-refractivity contribution is 7.46. The quantitative estimate of drug-likeness (QED) is 0.572. The van der Waals surface area contributed by atoms with Crippen LogP contribution in [0.2, 0.25) is 0 Å². The van der Waals surface area contributed by atoms with E-state index < -0.39 is 13.9 Å². The largest absolute Gasteiger partial charge is 0.469 e. The Bertz CT molecular complexity index is 212. The molecule has 3 N–H and O–H groups in total. The summed E-state index contributed by atoms with van der Waals surface area (Å²) in [6.45, 7) is 0.666. The predicted molar refractivity (Wildman–Crippen MR) is 48.1 cm³/mol. The van der Waals surface area contributed by atoms with Crippen molar-refractivity contribution < 1.29 is 24.0 Å². The van der Waals surface area contributed by atoms with E-state index in [4.69, 9.17) is 9.79 Å². The van der Waals surface area contributed by atoms with E-state index in [2.05, 4.69) is 9.84 Å². The van der Waals surface area contributed by atoms with E-state index in [0.29, 0.717) is 0 Å². The molecule has 0 amide bonds. The van der Waals surface area contributed by atoms with Crippen molar-refractivity contribution >= 4 is 7.82 Å². The molecule has 1 radical (unpaired) electrons. The van der Waals surface area contributed by atoms with Crippen molar-refractivity contribution in [2.75, 3.05) is 13.2 Å². The fraction of sp³-hybridized carbons (Fsp3) is 1.00. The number of phosphoric ester groups is 1. The first-order chi connectivity index (χ1) is 6.49. The second-order valence-corrected chi connectivity index (χ2v) is 4.59. The van der Waals surface area contributed by atoms with Crippen molar-refractivity contribution in [3.8, 4) is 0 Å². The molecule has 1 aliphatic heterocycles. The fourth-order valence-electron chi connectivity index (χ4n) is 1.52. The van der Waals surface area contributed by atoms with Crippen LogP contribution in [0.15, 0.2) is 0 Å². The molecule has 14 heavy (non-hydrogen) atoms.